The number of thiophene rings is 1. The Bertz CT molecular complexity index is 616. The first-order chi connectivity index (χ1) is 11.7. The fourth-order valence-corrected chi connectivity index (χ4v) is 6.03. The molecule has 4 rings (SSSR count). The van der Waals surface area contributed by atoms with E-state index in [1.807, 2.05) is 6.07 Å². The van der Waals surface area contributed by atoms with E-state index < -0.39 is 0 Å². The molecule has 0 unspecified atom stereocenters. The van der Waals surface area contributed by atoms with Crippen molar-refractivity contribution in [2.24, 2.45) is 17.8 Å². The van der Waals surface area contributed by atoms with Gasteiger partial charge in [-0.05, 0) is 74.3 Å². The van der Waals surface area contributed by atoms with Gasteiger partial charge in [-0.1, -0.05) is 12.8 Å². The van der Waals surface area contributed by atoms with Crippen molar-refractivity contribution in [3.63, 3.8) is 0 Å². The summed E-state index contributed by atoms with van der Waals surface area (Å²) in [6.07, 6.45) is 11.6. The highest BCUT2D eigenvalue weighted by Gasteiger charge is 2.40. The number of carbonyl (C=O) groups is 2. The Labute approximate surface area is 147 Å². The Morgan fingerprint density at radius 1 is 1.08 bits per heavy atom. The Morgan fingerprint density at radius 2 is 1.96 bits per heavy atom. The van der Waals surface area contributed by atoms with Gasteiger partial charge in [0.15, 0.2) is 0 Å². The molecule has 2 fully saturated rings. The summed E-state index contributed by atoms with van der Waals surface area (Å²) in [5.41, 5.74) is 6.57. The van der Waals surface area contributed by atoms with Gasteiger partial charge in [0.05, 0.1) is 4.88 Å². The Balaban J connectivity index is 1.28. The molecule has 5 heteroatoms. The number of nitrogens with one attached hydrogen (secondary N) is 2. The van der Waals surface area contributed by atoms with Crippen molar-refractivity contribution in [2.75, 3.05) is 0 Å². The summed E-state index contributed by atoms with van der Waals surface area (Å²) in [6, 6.07) is 2.02. The molecule has 24 heavy (non-hydrogen) atoms. The molecule has 3 aliphatic carbocycles. The van der Waals surface area contributed by atoms with E-state index >= 15 is 0 Å². The highest BCUT2D eigenvalue weighted by Crippen LogP contribution is 2.49. The van der Waals surface area contributed by atoms with Crippen LogP contribution >= 0.6 is 11.3 Å². The zero-order valence-electron chi connectivity index (χ0n) is 14.1. The number of amides is 2. The number of hydrogen-bond donors (Lipinski definition) is 2. The van der Waals surface area contributed by atoms with Gasteiger partial charge in [0.25, 0.3) is 5.91 Å². The lowest BCUT2D eigenvalue weighted by Crippen LogP contribution is -2.42. The molecule has 2 N–H and O–H groups in total. The lowest BCUT2D eigenvalue weighted by Gasteiger charge is -2.20. The molecule has 0 aliphatic heterocycles. The van der Waals surface area contributed by atoms with Crippen LogP contribution in [0, 0.1) is 17.8 Å². The minimum atomic E-state index is -0.172. The summed E-state index contributed by atoms with van der Waals surface area (Å²) in [4.78, 5) is 26.5. The molecular formula is C19H26N2O2S. The molecule has 0 saturated heterocycles. The van der Waals surface area contributed by atoms with E-state index in [0.29, 0.717) is 12.3 Å². The van der Waals surface area contributed by atoms with Crippen LogP contribution in [-0.4, -0.2) is 11.8 Å². The first-order valence-electron chi connectivity index (χ1n) is 9.40. The van der Waals surface area contributed by atoms with Gasteiger partial charge in [-0.15, -0.1) is 11.3 Å². The molecule has 3 atom stereocenters. The monoisotopic (exact) mass is 346 g/mol. The molecule has 1 heterocycles. The van der Waals surface area contributed by atoms with Crippen molar-refractivity contribution in [3.05, 3.63) is 21.4 Å². The van der Waals surface area contributed by atoms with E-state index in [0.717, 1.165) is 29.6 Å². The van der Waals surface area contributed by atoms with Crippen molar-refractivity contribution in [1.82, 2.24) is 10.9 Å². The molecule has 0 spiro atoms. The lowest BCUT2D eigenvalue weighted by atomic mass is 9.86. The van der Waals surface area contributed by atoms with Crippen molar-refractivity contribution in [3.8, 4) is 0 Å². The highest BCUT2D eigenvalue weighted by atomic mass is 32.1. The summed E-state index contributed by atoms with van der Waals surface area (Å²) in [6.45, 7) is 0. The minimum absolute atomic E-state index is 0.0426. The van der Waals surface area contributed by atoms with Crippen molar-refractivity contribution >= 4 is 23.2 Å². The first kappa shape index (κ1) is 16.1. The molecule has 0 aromatic carbocycles. The number of aryl methyl sites for hydroxylation is 2. The third kappa shape index (κ3) is 3.37. The van der Waals surface area contributed by atoms with Gasteiger partial charge in [-0.25, -0.2) is 0 Å². The Hall–Kier alpha value is -1.36. The molecule has 2 bridgehead atoms. The summed E-state index contributed by atoms with van der Waals surface area (Å²) < 4.78 is 0. The van der Waals surface area contributed by atoms with E-state index in [-0.39, 0.29) is 11.8 Å². The quantitative estimate of drug-likeness (QED) is 0.649. The average Bonchev–Trinajstić information content (AvgIpc) is 3.25. The molecule has 1 aromatic rings. The van der Waals surface area contributed by atoms with Gasteiger partial charge in [0, 0.05) is 11.3 Å². The van der Waals surface area contributed by atoms with Crippen molar-refractivity contribution in [2.45, 2.75) is 64.2 Å². The summed E-state index contributed by atoms with van der Waals surface area (Å²) in [5, 5.41) is 0. The lowest BCUT2D eigenvalue weighted by molar-refractivity contribution is -0.123. The van der Waals surface area contributed by atoms with Crippen LogP contribution in [0.5, 0.6) is 0 Å². The van der Waals surface area contributed by atoms with Crippen LogP contribution in [0.2, 0.25) is 0 Å². The van der Waals surface area contributed by atoms with E-state index in [2.05, 4.69) is 10.9 Å². The fourth-order valence-electron chi connectivity index (χ4n) is 4.88. The van der Waals surface area contributed by atoms with E-state index in [1.165, 1.54) is 55.4 Å². The second-order valence-electron chi connectivity index (χ2n) is 7.76. The smallest absolute Gasteiger partial charge is 0.273 e. The molecule has 2 amide bonds. The Kier molecular flexibility index (Phi) is 4.61. The van der Waals surface area contributed by atoms with E-state index in [4.69, 9.17) is 0 Å². The zero-order chi connectivity index (χ0) is 16.5. The molecule has 1 aromatic heterocycles. The summed E-state index contributed by atoms with van der Waals surface area (Å²) in [5.74, 6) is 1.90. The largest absolute Gasteiger partial charge is 0.279 e. The van der Waals surface area contributed by atoms with Crippen LogP contribution in [0.4, 0.5) is 0 Å². The van der Waals surface area contributed by atoms with Crippen LogP contribution in [0.25, 0.3) is 0 Å². The van der Waals surface area contributed by atoms with Gasteiger partial charge in [0.2, 0.25) is 5.91 Å². The fraction of sp³-hybridized carbons (Fsp3) is 0.684. The number of hydrazine groups is 1. The topological polar surface area (TPSA) is 58.2 Å². The molecule has 2 saturated carbocycles. The zero-order valence-corrected chi connectivity index (χ0v) is 14.9. The highest BCUT2D eigenvalue weighted by molar-refractivity contribution is 7.14. The minimum Gasteiger partial charge on any atom is -0.273 e. The second-order valence-corrected chi connectivity index (χ2v) is 8.90. The normalized spacial score (nSPS) is 28.2. The summed E-state index contributed by atoms with van der Waals surface area (Å²) in [7, 11) is 0. The summed E-state index contributed by atoms with van der Waals surface area (Å²) >= 11 is 1.59. The standard InChI is InChI=1S/C19H26N2O2S/c22-18(11-15-9-12-6-7-13(15)8-12)20-21-19(23)17-10-14-4-2-1-3-5-16(14)24-17/h10,12-13,15H,1-9,11H2,(H,20,22)(H,21,23)/t12-,13+,15+/m0/s1. The predicted octanol–water partition coefficient (Wildman–Crippen LogP) is 3.60. The van der Waals surface area contributed by atoms with E-state index in [1.54, 1.807) is 11.3 Å². The maximum absolute atomic E-state index is 12.3. The van der Waals surface area contributed by atoms with Gasteiger partial charge in [0.1, 0.15) is 0 Å². The maximum atomic E-state index is 12.3. The third-order valence-electron chi connectivity index (χ3n) is 6.12. The van der Waals surface area contributed by atoms with Gasteiger partial charge < -0.3 is 0 Å². The van der Waals surface area contributed by atoms with Crippen LogP contribution in [0.15, 0.2) is 6.07 Å². The van der Waals surface area contributed by atoms with Gasteiger partial charge >= 0.3 is 0 Å². The molecular weight excluding hydrogens is 320 g/mol. The van der Waals surface area contributed by atoms with Crippen molar-refractivity contribution in [1.29, 1.82) is 0 Å². The van der Waals surface area contributed by atoms with Crippen molar-refractivity contribution < 1.29 is 9.59 Å². The van der Waals surface area contributed by atoms with Crippen LogP contribution in [0.1, 0.15) is 71.5 Å². The molecule has 3 aliphatic rings. The SMILES string of the molecule is O=C(C[C@H]1C[C@H]2CC[C@@H]1C2)NNC(=O)c1cc2c(s1)CCCCC2. The average molecular weight is 346 g/mol. The van der Waals surface area contributed by atoms with Gasteiger partial charge in [-0.3, -0.25) is 20.4 Å². The second kappa shape index (κ2) is 6.87. The van der Waals surface area contributed by atoms with Gasteiger partial charge in [-0.2, -0.15) is 0 Å². The van der Waals surface area contributed by atoms with Crippen LogP contribution in [-0.2, 0) is 17.6 Å². The first-order valence-corrected chi connectivity index (χ1v) is 10.2. The number of hydrogen-bond acceptors (Lipinski definition) is 3. The number of rotatable bonds is 3. The third-order valence-corrected chi connectivity index (χ3v) is 7.35. The number of fused-ring (bicyclic) bond motifs is 3. The predicted molar refractivity (Wildman–Crippen MR) is 94.7 cm³/mol. The van der Waals surface area contributed by atoms with Crippen LogP contribution in [0.3, 0.4) is 0 Å². The van der Waals surface area contributed by atoms with E-state index in [9.17, 15) is 9.59 Å². The number of carbonyl (C=O) groups excluding carboxylic acids is 2. The van der Waals surface area contributed by atoms with Crippen LogP contribution < -0.4 is 10.9 Å². The molecule has 4 nitrogen and oxygen atoms in total. The maximum Gasteiger partial charge on any atom is 0.279 e. The molecule has 0 radical (unpaired) electrons. The molecule has 130 valence electrons. The Morgan fingerprint density at radius 3 is 2.75 bits per heavy atom.